The largest absolute Gasteiger partial charge is 0.508 e. The lowest BCUT2D eigenvalue weighted by molar-refractivity contribution is -0.122. The number of amides is 2. The summed E-state index contributed by atoms with van der Waals surface area (Å²) in [5.74, 6) is -1.11. The van der Waals surface area contributed by atoms with Crippen LogP contribution in [-0.4, -0.2) is 34.3 Å². The van der Waals surface area contributed by atoms with Gasteiger partial charge in [0.15, 0.2) is 0 Å². The Hall–Kier alpha value is -3.35. The van der Waals surface area contributed by atoms with Crippen molar-refractivity contribution >= 4 is 18.0 Å². The summed E-state index contributed by atoms with van der Waals surface area (Å²) in [5.41, 5.74) is 3.05. The molecule has 7 heteroatoms. The summed E-state index contributed by atoms with van der Waals surface area (Å²) < 4.78 is 0. The van der Waals surface area contributed by atoms with Crippen molar-refractivity contribution in [3.05, 3.63) is 59.7 Å². The van der Waals surface area contributed by atoms with E-state index in [0.717, 1.165) is 6.07 Å². The van der Waals surface area contributed by atoms with Crippen LogP contribution in [0.5, 0.6) is 11.5 Å². The summed E-state index contributed by atoms with van der Waals surface area (Å²) in [6.07, 6.45) is 1.23. The molecule has 0 aliphatic heterocycles. The van der Waals surface area contributed by atoms with E-state index in [2.05, 4.69) is 15.8 Å². The highest BCUT2D eigenvalue weighted by atomic mass is 16.3. The molecule has 1 atom stereocenters. The van der Waals surface area contributed by atoms with Gasteiger partial charge in [0, 0.05) is 17.2 Å². The summed E-state index contributed by atoms with van der Waals surface area (Å²) in [6.45, 7) is 1.53. The van der Waals surface area contributed by atoms with Gasteiger partial charge in [0.25, 0.3) is 11.8 Å². The molecule has 2 rings (SSSR count). The highest BCUT2D eigenvalue weighted by Crippen LogP contribution is 2.20. The number of nitrogens with zero attached hydrogens (tertiary/aromatic N) is 1. The van der Waals surface area contributed by atoms with Crippen molar-refractivity contribution in [1.82, 2.24) is 10.7 Å². The molecule has 7 nitrogen and oxygen atoms in total. The van der Waals surface area contributed by atoms with E-state index in [4.69, 9.17) is 0 Å². The summed E-state index contributed by atoms with van der Waals surface area (Å²) >= 11 is 0. The van der Waals surface area contributed by atoms with Gasteiger partial charge in [-0.15, -0.1) is 0 Å². The molecule has 0 saturated heterocycles. The van der Waals surface area contributed by atoms with Gasteiger partial charge in [-0.2, -0.15) is 5.10 Å². The average Bonchev–Trinajstić information content (AvgIpc) is 2.57. The van der Waals surface area contributed by atoms with Crippen molar-refractivity contribution < 1.29 is 19.8 Å². The second-order valence-corrected chi connectivity index (χ2v) is 5.04. The van der Waals surface area contributed by atoms with Crippen LogP contribution in [0.1, 0.15) is 22.8 Å². The van der Waals surface area contributed by atoms with Gasteiger partial charge in [0.05, 0.1) is 6.21 Å². The number of nitrogens with one attached hydrogen (secondary N) is 2. The summed E-state index contributed by atoms with van der Waals surface area (Å²) in [7, 11) is 0. The number of carbonyl (C=O) groups excluding carboxylic acids is 2. The monoisotopic (exact) mass is 327 g/mol. The third-order valence-electron chi connectivity index (χ3n) is 3.17. The van der Waals surface area contributed by atoms with Gasteiger partial charge >= 0.3 is 0 Å². The predicted octanol–water partition coefficient (Wildman–Crippen LogP) is 1.37. The molecule has 0 aliphatic carbocycles. The standard InChI is InChI=1S/C17H17N3O4/c1-11(19-17(24)12-5-3-2-4-6-12)16(23)20-18-10-13-7-8-14(21)9-15(13)22/h2-11,21-22H,1H3,(H,19,24)(H,20,23)/b18-10-/t11-/m1/s1. The highest BCUT2D eigenvalue weighted by Gasteiger charge is 2.15. The zero-order valence-corrected chi connectivity index (χ0v) is 12.9. The van der Waals surface area contributed by atoms with Crippen LogP contribution in [0.25, 0.3) is 0 Å². The number of hydrogen-bond acceptors (Lipinski definition) is 5. The van der Waals surface area contributed by atoms with Crippen LogP contribution in [-0.2, 0) is 4.79 Å². The van der Waals surface area contributed by atoms with E-state index in [1.807, 2.05) is 0 Å². The lowest BCUT2D eigenvalue weighted by Crippen LogP contribution is -2.43. The van der Waals surface area contributed by atoms with Crippen LogP contribution in [0, 0.1) is 0 Å². The molecule has 2 amide bonds. The lowest BCUT2D eigenvalue weighted by Gasteiger charge is -2.12. The molecule has 4 N–H and O–H groups in total. The van der Waals surface area contributed by atoms with Crippen LogP contribution < -0.4 is 10.7 Å². The van der Waals surface area contributed by atoms with Crippen LogP contribution >= 0.6 is 0 Å². The summed E-state index contributed by atoms with van der Waals surface area (Å²) in [5, 5.41) is 25.0. The topological polar surface area (TPSA) is 111 Å². The first kappa shape index (κ1) is 17.0. The van der Waals surface area contributed by atoms with Crippen molar-refractivity contribution in [2.45, 2.75) is 13.0 Å². The SMILES string of the molecule is C[C@@H](NC(=O)c1ccccc1)C(=O)N/N=C\c1ccc(O)cc1O. The number of hydrazone groups is 1. The Morgan fingerprint density at radius 2 is 1.83 bits per heavy atom. The molecule has 124 valence electrons. The molecule has 0 fully saturated rings. The Kier molecular flexibility index (Phi) is 5.51. The van der Waals surface area contributed by atoms with Gasteiger partial charge in [-0.25, -0.2) is 5.43 Å². The van der Waals surface area contributed by atoms with Crippen LogP contribution in [0.2, 0.25) is 0 Å². The molecule has 0 saturated carbocycles. The number of phenols is 2. The van der Waals surface area contributed by atoms with Gasteiger partial charge in [-0.1, -0.05) is 18.2 Å². The number of aromatic hydroxyl groups is 2. The molecule has 0 aliphatic rings. The molecular formula is C17H17N3O4. The van der Waals surface area contributed by atoms with Crippen molar-refractivity contribution in [3.8, 4) is 11.5 Å². The minimum atomic E-state index is -0.789. The fourth-order valence-corrected chi connectivity index (χ4v) is 1.84. The predicted molar refractivity (Wildman–Crippen MR) is 88.9 cm³/mol. The molecule has 0 heterocycles. The maximum Gasteiger partial charge on any atom is 0.262 e. The second-order valence-electron chi connectivity index (χ2n) is 5.04. The number of carbonyl (C=O) groups is 2. The van der Waals surface area contributed by atoms with E-state index < -0.39 is 11.9 Å². The maximum absolute atomic E-state index is 11.9. The molecule has 0 radical (unpaired) electrons. The van der Waals surface area contributed by atoms with E-state index in [9.17, 15) is 19.8 Å². The molecule has 0 bridgehead atoms. The van der Waals surface area contributed by atoms with E-state index in [1.165, 1.54) is 25.3 Å². The van der Waals surface area contributed by atoms with Gasteiger partial charge < -0.3 is 15.5 Å². The summed E-state index contributed by atoms with van der Waals surface area (Å²) in [4.78, 5) is 23.8. The Morgan fingerprint density at radius 3 is 2.50 bits per heavy atom. The van der Waals surface area contributed by atoms with E-state index in [1.54, 1.807) is 30.3 Å². The van der Waals surface area contributed by atoms with Crippen molar-refractivity contribution in [1.29, 1.82) is 0 Å². The van der Waals surface area contributed by atoms with Crippen molar-refractivity contribution in [3.63, 3.8) is 0 Å². The van der Waals surface area contributed by atoms with E-state index >= 15 is 0 Å². The van der Waals surface area contributed by atoms with Crippen LogP contribution in [0.3, 0.4) is 0 Å². The maximum atomic E-state index is 11.9. The third kappa shape index (κ3) is 4.57. The van der Waals surface area contributed by atoms with Crippen molar-refractivity contribution in [2.24, 2.45) is 5.10 Å². The number of rotatable bonds is 5. The average molecular weight is 327 g/mol. The highest BCUT2D eigenvalue weighted by molar-refractivity contribution is 5.97. The Morgan fingerprint density at radius 1 is 1.12 bits per heavy atom. The first-order chi connectivity index (χ1) is 11.5. The fraction of sp³-hybridized carbons (Fsp3) is 0.118. The Balaban J connectivity index is 1.89. The Labute approximate surface area is 138 Å². The smallest absolute Gasteiger partial charge is 0.262 e. The molecule has 2 aromatic rings. The summed E-state index contributed by atoms with van der Waals surface area (Å²) in [6, 6.07) is 11.7. The molecule has 0 unspecified atom stereocenters. The first-order valence-electron chi connectivity index (χ1n) is 7.18. The van der Waals surface area contributed by atoms with Gasteiger partial charge in [-0.05, 0) is 31.2 Å². The number of benzene rings is 2. The normalized spacial score (nSPS) is 11.9. The second kappa shape index (κ2) is 7.77. The van der Waals surface area contributed by atoms with Gasteiger partial charge in [0.2, 0.25) is 0 Å². The molecular weight excluding hydrogens is 310 g/mol. The molecule has 24 heavy (non-hydrogen) atoms. The quantitative estimate of drug-likeness (QED) is 0.491. The van der Waals surface area contributed by atoms with Gasteiger partial charge in [-0.3, -0.25) is 9.59 Å². The molecule has 0 aromatic heterocycles. The zero-order valence-electron chi connectivity index (χ0n) is 12.9. The van der Waals surface area contributed by atoms with Crippen molar-refractivity contribution in [2.75, 3.05) is 0 Å². The number of hydrogen-bond donors (Lipinski definition) is 4. The molecule has 2 aromatic carbocycles. The Bertz CT molecular complexity index is 760. The third-order valence-corrected chi connectivity index (χ3v) is 3.17. The number of phenolic OH excluding ortho intramolecular Hbond substituents is 2. The van der Waals surface area contributed by atoms with E-state index in [0.29, 0.717) is 11.1 Å². The van der Waals surface area contributed by atoms with Crippen LogP contribution in [0.15, 0.2) is 53.6 Å². The first-order valence-corrected chi connectivity index (χ1v) is 7.18. The minimum Gasteiger partial charge on any atom is -0.508 e. The molecule has 0 spiro atoms. The fourth-order valence-electron chi connectivity index (χ4n) is 1.84. The minimum absolute atomic E-state index is 0.0778. The lowest BCUT2D eigenvalue weighted by atomic mass is 10.2. The van der Waals surface area contributed by atoms with E-state index in [-0.39, 0.29) is 17.4 Å². The van der Waals surface area contributed by atoms with Crippen LogP contribution in [0.4, 0.5) is 0 Å². The zero-order chi connectivity index (χ0) is 17.5. The van der Waals surface area contributed by atoms with Gasteiger partial charge in [0.1, 0.15) is 17.5 Å².